The third-order valence-electron chi connectivity index (χ3n) is 8.05. The van der Waals surface area contributed by atoms with Gasteiger partial charge in [0.2, 0.25) is 5.41 Å². The van der Waals surface area contributed by atoms with E-state index >= 15 is 0 Å². The molecule has 0 saturated heterocycles. The maximum absolute atomic E-state index is 14.9. The highest BCUT2D eigenvalue weighted by atomic mass is 19.4. The van der Waals surface area contributed by atoms with Crippen molar-refractivity contribution in [3.8, 4) is 0 Å². The maximum atomic E-state index is 14.9. The molecule has 2 aliphatic heterocycles. The first-order chi connectivity index (χ1) is 20.1. The number of carbonyl (C=O) groups is 4. The number of fused-ring (bicyclic) bond motifs is 3. The van der Waals surface area contributed by atoms with E-state index in [1.54, 1.807) is 37.3 Å². The van der Waals surface area contributed by atoms with Crippen molar-refractivity contribution < 1.29 is 45.5 Å². The smallest absolute Gasteiger partial charge is 0.277 e. The molecule has 4 amide bonds. The van der Waals surface area contributed by atoms with Crippen LogP contribution in [0.1, 0.15) is 58.1 Å². The number of carbonyl (C=O) groups excluding carboxylic acids is 4. The molecule has 2 aliphatic rings. The first kappa shape index (κ1) is 28.1. The molecule has 0 bridgehead atoms. The summed E-state index contributed by atoms with van der Waals surface area (Å²) in [4.78, 5) is 53.0. The molecule has 43 heavy (non-hydrogen) atoms. The van der Waals surface area contributed by atoms with Crippen LogP contribution in [0.4, 0.5) is 32.0 Å². The van der Waals surface area contributed by atoms with Crippen LogP contribution in [0.3, 0.4) is 0 Å². The summed E-state index contributed by atoms with van der Waals surface area (Å²) >= 11 is 0. The highest BCUT2D eigenvalue weighted by molar-refractivity contribution is 6.36. The standard InChI is InChI=1S/C31H18F6N2O4/c1-15-5-3-7-19-18(15)6-4-8-24(19)39-27(42)21-12-10-17(14-23(21)28(39)43)29(30(32,33)34,31(35,36)37)16-9-11-20-22(13-16)26(41)38(2)25(20)40/h3-14H,1-2H3. The summed E-state index contributed by atoms with van der Waals surface area (Å²) in [6.07, 6.45) is -12.1. The summed E-state index contributed by atoms with van der Waals surface area (Å²) in [5, 5.41) is 1.18. The third kappa shape index (κ3) is 3.68. The summed E-state index contributed by atoms with van der Waals surface area (Å²) in [5.41, 5.74) is -8.50. The number of amides is 4. The van der Waals surface area contributed by atoms with Crippen molar-refractivity contribution in [1.82, 2.24) is 4.90 Å². The van der Waals surface area contributed by atoms with Gasteiger partial charge in [0.1, 0.15) is 0 Å². The average molecular weight is 596 g/mol. The van der Waals surface area contributed by atoms with Gasteiger partial charge in [0.15, 0.2) is 0 Å². The number of anilines is 1. The fourth-order valence-corrected chi connectivity index (χ4v) is 5.91. The van der Waals surface area contributed by atoms with Gasteiger partial charge in [-0.2, -0.15) is 26.3 Å². The van der Waals surface area contributed by atoms with Gasteiger partial charge >= 0.3 is 12.4 Å². The molecule has 0 radical (unpaired) electrons. The Kier molecular flexibility index (Phi) is 5.89. The number of imide groups is 2. The van der Waals surface area contributed by atoms with Gasteiger partial charge in [-0.3, -0.25) is 24.1 Å². The van der Waals surface area contributed by atoms with Crippen LogP contribution in [0.25, 0.3) is 10.8 Å². The van der Waals surface area contributed by atoms with Crippen molar-refractivity contribution in [3.63, 3.8) is 0 Å². The maximum Gasteiger partial charge on any atom is 0.411 e. The van der Waals surface area contributed by atoms with Crippen LogP contribution in [-0.4, -0.2) is 47.9 Å². The zero-order valence-corrected chi connectivity index (χ0v) is 22.2. The van der Waals surface area contributed by atoms with Crippen LogP contribution in [0.2, 0.25) is 0 Å². The first-order valence-corrected chi connectivity index (χ1v) is 12.7. The first-order valence-electron chi connectivity index (χ1n) is 12.7. The summed E-state index contributed by atoms with van der Waals surface area (Å²) in [5.74, 6) is -3.93. The van der Waals surface area contributed by atoms with Gasteiger partial charge in [-0.25, -0.2) is 4.90 Å². The molecular weight excluding hydrogens is 578 g/mol. The fraction of sp³-hybridized carbons (Fsp3) is 0.161. The highest BCUT2D eigenvalue weighted by Gasteiger charge is 2.73. The Labute approximate surface area is 239 Å². The van der Waals surface area contributed by atoms with Gasteiger partial charge in [0, 0.05) is 12.4 Å². The topological polar surface area (TPSA) is 74.8 Å². The largest absolute Gasteiger partial charge is 0.411 e. The lowest BCUT2D eigenvalue weighted by atomic mass is 9.71. The van der Waals surface area contributed by atoms with E-state index in [-0.39, 0.29) is 16.8 Å². The number of rotatable bonds is 3. The number of halogens is 6. The number of nitrogens with zero attached hydrogens (tertiary/aromatic N) is 2. The molecule has 0 aromatic heterocycles. The molecule has 0 aliphatic carbocycles. The Hall–Kier alpha value is -5.00. The van der Waals surface area contributed by atoms with E-state index < -0.39 is 63.7 Å². The Morgan fingerprint density at radius 1 is 0.558 bits per heavy atom. The van der Waals surface area contributed by atoms with E-state index in [9.17, 15) is 45.5 Å². The van der Waals surface area contributed by atoms with Crippen LogP contribution in [0.5, 0.6) is 0 Å². The predicted molar refractivity (Wildman–Crippen MR) is 142 cm³/mol. The summed E-state index contributed by atoms with van der Waals surface area (Å²) in [7, 11) is 1.05. The number of hydrogen-bond acceptors (Lipinski definition) is 4. The molecule has 0 N–H and O–H groups in total. The minimum Gasteiger partial charge on any atom is -0.277 e. The van der Waals surface area contributed by atoms with Crippen molar-refractivity contribution in [3.05, 3.63) is 112 Å². The van der Waals surface area contributed by atoms with Crippen molar-refractivity contribution in [2.45, 2.75) is 24.7 Å². The molecule has 0 unspecified atom stereocenters. The number of benzene rings is 4. The van der Waals surface area contributed by atoms with E-state index in [0.717, 1.165) is 29.6 Å². The van der Waals surface area contributed by atoms with Gasteiger partial charge in [-0.15, -0.1) is 0 Å². The lowest BCUT2D eigenvalue weighted by molar-refractivity contribution is -0.288. The number of hydrogen-bond donors (Lipinski definition) is 0. The SMILES string of the molecule is Cc1cccc2c(N3C(=O)c4ccc(C(c5ccc6c(c5)C(=O)N(C)C6=O)(C(F)(F)F)C(F)(F)F)cc4C3=O)cccc12. The minimum atomic E-state index is -6.04. The lowest BCUT2D eigenvalue weighted by Crippen LogP contribution is -2.55. The van der Waals surface area contributed by atoms with E-state index in [1.165, 1.54) is 6.07 Å². The van der Waals surface area contributed by atoms with Crippen LogP contribution in [0, 0.1) is 6.92 Å². The molecule has 2 heterocycles. The monoisotopic (exact) mass is 596 g/mol. The fourth-order valence-electron chi connectivity index (χ4n) is 5.91. The molecule has 6 nitrogen and oxygen atoms in total. The van der Waals surface area contributed by atoms with Crippen LogP contribution >= 0.6 is 0 Å². The molecule has 6 rings (SSSR count). The number of alkyl halides is 6. The summed E-state index contributed by atoms with van der Waals surface area (Å²) in [6, 6.07) is 13.3. The van der Waals surface area contributed by atoms with Gasteiger partial charge in [-0.1, -0.05) is 42.5 Å². The zero-order chi connectivity index (χ0) is 31.2. The quantitative estimate of drug-likeness (QED) is 0.198. The van der Waals surface area contributed by atoms with Crippen molar-refractivity contribution in [1.29, 1.82) is 0 Å². The predicted octanol–water partition coefficient (Wildman–Crippen LogP) is 6.59. The zero-order valence-electron chi connectivity index (χ0n) is 22.2. The van der Waals surface area contributed by atoms with Gasteiger partial charge in [0.05, 0.1) is 27.9 Å². The highest BCUT2D eigenvalue weighted by Crippen LogP contribution is 2.57. The molecule has 12 heteroatoms. The normalized spacial score (nSPS) is 15.5. The lowest BCUT2D eigenvalue weighted by Gasteiger charge is -2.38. The van der Waals surface area contributed by atoms with Crippen molar-refractivity contribution >= 4 is 40.1 Å². The van der Waals surface area contributed by atoms with Crippen LogP contribution < -0.4 is 4.90 Å². The second kappa shape index (κ2) is 9.00. The second-order valence-corrected chi connectivity index (χ2v) is 10.3. The van der Waals surface area contributed by atoms with E-state index in [0.29, 0.717) is 39.9 Å². The average Bonchev–Trinajstić information content (AvgIpc) is 3.31. The Bertz CT molecular complexity index is 1910. The van der Waals surface area contributed by atoms with E-state index in [1.807, 2.05) is 0 Å². The molecular formula is C31H18F6N2O4. The molecule has 4 aromatic rings. The Morgan fingerprint density at radius 2 is 1.02 bits per heavy atom. The molecule has 218 valence electrons. The molecule has 4 aromatic carbocycles. The summed E-state index contributed by atoms with van der Waals surface area (Å²) in [6.45, 7) is 1.80. The van der Waals surface area contributed by atoms with Gasteiger partial charge in [-0.05, 0) is 59.3 Å². The van der Waals surface area contributed by atoms with Crippen LogP contribution in [-0.2, 0) is 5.41 Å². The van der Waals surface area contributed by atoms with Crippen LogP contribution in [0.15, 0.2) is 72.8 Å². The molecule has 0 spiro atoms. The molecule has 0 saturated carbocycles. The summed E-state index contributed by atoms with van der Waals surface area (Å²) < 4.78 is 89.3. The number of aryl methyl sites for hydroxylation is 1. The van der Waals surface area contributed by atoms with Gasteiger partial charge in [0.25, 0.3) is 23.6 Å². The second-order valence-electron chi connectivity index (χ2n) is 10.3. The molecule has 0 atom stereocenters. The van der Waals surface area contributed by atoms with Crippen molar-refractivity contribution in [2.24, 2.45) is 0 Å². The Morgan fingerprint density at radius 3 is 1.60 bits per heavy atom. The van der Waals surface area contributed by atoms with E-state index in [2.05, 4.69) is 0 Å². The Balaban J connectivity index is 1.56. The van der Waals surface area contributed by atoms with Gasteiger partial charge < -0.3 is 0 Å². The molecule has 0 fully saturated rings. The van der Waals surface area contributed by atoms with Crippen molar-refractivity contribution in [2.75, 3.05) is 11.9 Å². The minimum absolute atomic E-state index is 0.123. The van der Waals surface area contributed by atoms with E-state index in [4.69, 9.17) is 0 Å². The third-order valence-corrected chi connectivity index (χ3v) is 8.05.